The van der Waals surface area contributed by atoms with Gasteiger partial charge in [-0.25, -0.2) is 17.2 Å². The van der Waals surface area contributed by atoms with Crippen LogP contribution in [0.25, 0.3) is 0 Å². The first-order valence-electron chi connectivity index (χ1n) is 6.11. The van der Waals surface area contributed by atoms with Crippen LogP contribution in [0.2, 0.25) is 0 Å². The number of nitrogens with two attached hydrogens (primary N) is 1. The molecule has 0 atom stereocenters. The van der Waals surface area contributed by atoms with Gasteiger partial charge in [-0.05, 0) is 42.3 Å². The number of halogens is 2. The molecule has 0 aliphatic rings. The molecule has 2 rings (SSSR count). The van der Waals surface area contributed by atoms with Gasteiger partial charge in [-0.3, -0.25) is 4.72 Å². The minimum absolute atomic E-state index is 0.0409. The Balaban J connectivity index is 2.38. The molecule has 112 valence electrons. The summed E-state index contributed by atoms with van der Waals surface area (Å²) in [5.74, 6) is -1.58. The van der Waals surface area contributed by atoms with E-state index in [0.717, 1.165) is 23.8 Å². The van der Waals surface area contributed by atoms with Crippen LogP contribution in [0, 0.1) is 18.6 Å². The standard InChI is InChI=1S/C14H14F2N2O2S/c1-9-6-12(4-2-10(9)8-17)21(19,20)18-14-7-11(15)3-5-13(14)16/h2-7,18H,8,17H2,1H3. The van der Waals surface area contributed by atoms with Crippen molar-refractivity contribution in [1.29, 1.82) is 0 Å². The fourth-order valence-corrected chi connectivity index (χ4v) is 2.99. The highest BCUT2D eigenvalue weighted by Gasteiger charge is 2.17. The van der Waals surface area contributed by atoms with E-state index in [4.69, 9.17) is 5.73 Å². The molecule has 21 heavy (non-hydrogen) atoms. The monoisotopic (exact) mass is 312 g/mol. The molecule has 2 aromatic rings. The summed E-state index contributed by atoms with van der Waals surface area (Å²) >= 11 is 0. The van der Waals surface area contributed by atoms with Gasteiger partial charge in [0.1, 0.15) is 11.6 Å². The lowest BCUT2D eigenvalue weighted by Gasteiger charge is -2.11. The second kappa shape index (κ2) is 5.79. The Bertz CT molecular complexity index is 777. The van der Waals surface area contributed by atoms with Crippen molar-refractivity contribution >= 4 is 15.7 Å². The van der Waals surface area contributed by atoms with Crippen LogP contribution >= 0.6 is 0 Å². The molecule has 2 aromatic carbocycles. The van der Waals surface area contributed by atoms with E-state index >= 15 is 0 Å². The lowest BCUT2D eigenvalue weighted by molar-refractivity contribution is 0.594. The van der Waals surface area contributed by atoms with Crippen molar-refractivity contribution in [2.75, 3.05) is 4.72 Å². The van der Waals surface area contributed by atoms with E-state index < -0.39 is 27.3 Å². The number of benzene rings is 2. The van der Waals surface area contributed by atoms with Gasteiger partial charge >= 0.3 is 0 Å². The van der Waals surface area contributed by atoms with E-state index in [1.54, 1.807) is 13.0 Å². The van der Waals surface area contributed by atoms with Crippen molar-refractivity contribution in [1.82, 2.24) is 0 Å². The minimum atomic E-state index is -4.00. The summed E-state index contributed by atoms with van der Waals surface area (Å²) in [6, 6.07) is 6.94. The van der Waals surface area contributed by atoms with Gasteiger partial charge in [0.05, 0.1) is 10.6 Å². The summed E-state index contributed by atoms with van der Waals surface area (Å²) < 4.78 is 53.0. The van der Waals surface area contributed by atoms with E-state index in [0.29, 0.717) is 5.56 Å². The molecule has 0 saturated carbocycles. The Morgan fingerprint density at radius 1 is 1.14 bits per heavy atom. The van der Waals surface area contributed by atoms with Gasteiger partial charge in [0, 0.05) is 12.6 Å². The maximum absolute atomic E-state index is 13.5. The first-order valence-corrected chi connectivity index (χ1v) is 7.59. The Labute approximate surface area is 121 Å². The van der Waals surface area contributed by atoms with Crippen LogP contribution in [0.4, 0.5) is 14.5 Å². The van der Waals surface area contributed by atoms with Crippen molar-refractivity contribution in [3.05, 3.63) is 59.2 Å². The van der Waals surface area contributed by atoms with Gasteiger partial charge in [-0.15, -0.1) is 0 Å². The molecule has 7 heteroatoms. The Hall–Kier alpha value is -1.99. The Morgan fingerprint density at radius 2 is 1.86 bits per heavy atom. The highest BCUT2D eigenvalue weighted by Crippen LogP contribution is 2.21. The van der Waals surface area contributed by atoms with Crippen LogP contribution in [-0.2, 0) is 16.6 Å². The third-order valence-corrected chi connectivity index (χ3v) is 4.38. The second-order valence-electron chi connectivity index (χ2n) is 4.52. The molecule has 4 nitrogen and oxygen atoms in total. The van der Waals surface area contributed by atoms with E-state index in [2.05, 4.69) is 0 Å². The molecular formula is C14H14F2N2O2S. The van der Waals surface area contributed by atoms with E-state index in [1.807, 2.05) is 4.72 Å². The summed E-state index contributed by atoms with van der Waals surface area (Å²) in [7, 11) is -4.00. The summed E-state index contributed by atoms with van der Waals surface area (Å²) in [6.07, 6.45) is 0. The Morgan fingerprint density at radius 3 is 2.48 bits per heavy atom. The first kappa shape index (κ1) is 15.4. The molecule has 3 N–H and O–H groups in total. The molecule has 0 aromatic heterocycles. The Kier molecular flexibility index (Phi) is 4.24. The molecule has 0 aliphatic carbocycles. The molecule has 0 aliphatic heterocycles. The third-order valence-electron chi connectivity index (χ3n) is 3.02. The van der Waals surface area contributed by atoms with Crippen LogP contribution in [0.5, 0.6) is 0 Å². The third kappa shape index (κ3) is 3.37. The number of anilines is 1. The molecule has 0 spiro atoms. The van der Waals surface area contributed by atoms with Crippen LogP contribution in [0.1, 0.15) is 11.1 Å². The van der Waals surface area contributed by atoms with Gasteiger partial charge in [0.2, 0.25) is 0 Å². The van der Waals surface area contributed by atoms with Crippen molar-refractivity contribution < 1.29 is 17.2 Å². The largest absolute Gasteiger partial charge is 0.326 e. The quantitative estimate of drug-likeness (QED) is 0.911. The van der Waals surface area contributed by atoms with E-state index in [-0.39, 0.29) is 11.4 Å². The zero-order valence-corrected chi connectivity index (χ0v) is 12.0. The topological polar surface area (TPSA) is 72.2 Å². The summed E-state index contributed by atoms with van der Waals surface area (Å²) in [5, 5.41) is 0. The molecule has 0 bridgehead atoms. The second-order valence-corrected chi connectivity index (χ2v) is 6.20. The number of hydrogen-bond acceptors (Lipinski definition) is 3. The average molecular weight is 312 g/mol. The molecule has 0 amide bonds. The minimum Gasteiger partial charge on any atom is -0.326 e. The highest BCUT2D eigenvalue weighted by molar-refractivity contribution is 7.92. The van der Waals surface area contributed by atoms with Gasteiger partial charge in [0.15, 0.2) is 0 Å². The number of hydrogen-bond donors (Lipinski definition) is 2. The zero-order chi connectivity index (χ0) is 15.6. The van der Waals surface area contributed by atoms with Crippen LogP contribution < -0.4 is 10.5 Å². The maximum Gasteiger partial charge on any atom is 0.261 e. The maximum atomic E-state index is 13.5. The smallest absolute Gasteiger partial charge is 0.261 e. The SMILES string of the molecule is Cc1cc(S(=O)(=O)Nc2cc(F)ccc2F)ccc1CN. The molecule has 0 radical (unpaired) electrons. The average Bonchev–Trinajstić information content (AvgIpc) is 2.42. The summed E-state index contributed by atoms with van der Waals surface area (Å²) in [4.78, 5) is -0.0409. The number of sulfonamides is 1. The zero-order valence-electron chi connectivity index (χ0n) is 11.2. The first-order chi connectivity index (χ1) is 9.83. The molecule has 0 unspecified atom stereocenters. The van der Waals surface area contributed by atoms with Gasteiger partial charge < -0.3 is 5.73 Å². The highest BCUT2D eigenvalue weighted by atomic mass is 32.2. The van der Waals surface area contributed by atoms with Crippen LogP contribution in [-0.4, -0.2) is 8.42 Å². The lowest BCUT2D eigenvalue weighted by atomic mass is 10.1. The molecular weight excluding hydrogens is 298 g/mol. The molecule has 0 fully saturated rings. The molecule has 0 heterocycles. The van der Waals surface area contributed by atoms with Crippen molar-refractivity contribution in [2.24, 2.45) is 5.73 Å². The predicted molar refractivity (Wildman–Crippen MR) is 76.2 cm³/mol. The van der Waals surface area contributed by atoms with E-state index in [1.165, 1.54) is 12.1 Å². The lowest BCUT2D eigenvalue weighted by Crippen LogP contribution is -2.15. The van der Waals surface area contributed by atoms with Crippen molar-refractivity contribution in [3.8, 4) is 0 Å². The predicted octanol–water partition coefficient (Wildman–Crippen LogP) is 2.53. The summed E-state index contributed by atoms with van der Waals surface area (Å²) in [6.45, 7) is 2.02. The van der Waals surface area contributed by atoms with Crippen molar-refractivity contribution in [3.63, 3.8) is 0 Å². The van der Waals surface area contributed by atoms with Gasteiger partial charge in [-0.2, -0.15) is 0 Å². The van der Waals surface area contributed by atoms with Gasteiger partial charge in [0.25, 0.3) is 10.0 Å². The number of rotatable bonds is 4. The van der Waals surface area contributed by atoms with Crippen LogP contribution in [0.3, 0.4) is 0 Å². The van der Waals surface area contributed by atoms with E-state index in [9.17, 15) is 17.2 Å². The van der Waals surface area contributed by atoms with Crippen LogP contribution in [0.15, 0.2) is 41.3 Å². The fraction of sp³-hybridized carbons (Fsp3) is 0.143. The number of nitrogens with one attached hydrogen (secondary N) is 1. The molecule has 0 saturated heterocycles. The normalized spacial score (nSPS) is 11.4. The van der Waals surface area contributed by atoms with Crippen molar-refractivity contribution in [2.45, 2.75) is 18.4 Å². The fourth-order valence-electron chi connectivity index (χ4n) is 1.84. The summed E-state index contributed by atoms with van der Waals surface area (Å²) in [5.41, 5.74) is 6.60. The van der Waals surface area contributed by atoms with Gasteiger partial charge in [-0.1, -0.05) is 6.07 Å². The number of aryl methyl sites for hydroxylation is 1.